The van der Waals surface area contributed by atoms with Gasteiger partial charge in [-0.15, -0.1) is 0 Å². The summed E-state index contributed by atoms with van der Waals surface area (Å²) in [6, 6.07) is 13.3. The number of rotatable bonds is 12. The average Bonchev–Trinajstić information content (AvgIpc) is 3.01. The fraction of sp³-hybridized carbons (Fsp3) is 0.435. The zero-order valence-electron chi connectivity index (χ0n) is 18.2. The second-order valence-corrected chi connectivity index (χ2v) is 7.62. The molecule has 0 amide bonds. The minimum absolute atomic E-state index is 0.0918. The van der Waals surface area contributed by atoms with Gasteiger partial charge in [-0.3, -0.25) is 9.13 Å². The number of aliphatic hydroxyl groups excluding tert-OH is 2. The van der Waals surface area contributed by atoms with Gasteiger partial charge >= 0.3 is 5.69 Å². The van der Waals surface area contributed by atoms with Crippen molar-refractivity contribution in [3.63, 3.8) is 0 Å². The Morgan fingerprint density at radius 3 is 2.42 bits per heavy atom. The average molecular weight is 429 g/mol. The van der Waals surface area contributed by atoms with E-state index in [0.29, 0.717) is 17.9 Å². The second kappa shape index (κ2) is 11.1. The van der Waals surface area contributed by atoms with Gasteiger partial charge in [-0.1, -0.05) is 18.2 Å². The summed E-state index contributed by atoms with van der Waals surface area (Å²) in [4.78, 5) is 12.1. The first kappa shape index (κ1) is 23.0. The molecule has 0 saturated heterocycles. The Kier molecular flexibility index (Phi) is 8.25. The van der Waals surface area contributed by atoms with Gasteiger partial charge in [0.15, 0.2) is 0 Å². The fourth-order valence-corrected chi connectivity index (χ4v) is 3.48. The molecule has 8 heteroatoms. The minimum Gasteiger partial charge on any atom is -0.491 e. The number of aliphatic hydroxyl groups is 2. The fourth-order valence-electron chi connectivity index (χ4n) is 3.48. The van der Waals surface area contributed by atoms with Crippen LogP contribution in [0, 0.1) is 0 Å². The molecule has 1 atom stereocenters. The first-order valence-corrected chi connectivity index (χ1v) is 10.6. The highest BCUT2D eigenvalue weighted by Gasteiger charge is 2.13. The van der Waals surface area contributed by atoms with Crippen LogP contribution in [0.5, 0.6) is 5.75 Å². The van der Waals surface area contributed by atoms with Gasteiger partial charge in [0, 0.05) is 27.2 Å². The number of hydrogen-bond acceptors (Lipinski definition) is 6. The van der Waals surface area contributed by atoms with Crippen molar-refractivity contribution in [2.24, 2.45) is 14.1 Å². The van der Waals surface area contributed by atoms with E-state index < -0.39 is 6.10 Å². The van der Waals surface area contributed by atoms with Crippen LogP contribution in [0.1, 0.15) is 23.7 Å². The van der Waals surface area contributed by atoms with E-state index in [2.05, 4.69) is 10.6 Å². The van der Waals surface area contributed by atoms with Gasteiger partial charge in [-0.2, -0.15) is 0 Å². The number of benzene rings is 2. The van der Waals surface area contributed by atoms with E-state index in [-0.39, 0.29) is 18.9 Å². The SMILES string of the molecule is Cn1c(=O)n(C)c2cc([C@H](O)COc3ccc(CNCCCNCCO)cc3)ccc21. The number of ether oxygens (including phenoxy) is 1. The Bertz CT molecular complexity index is 1030. The smallest absolute Gasteiger partial charge is 0.328 e. The maximum absolute atomic E-state index is 12.1. The number of hydrogen-bond donors (Lipinski definition) is 4. The van der Waals surface area contributed by atoms with Gasteiger partial charge in [0.05, 0.1) is 17.6 Å². The molecule has 0 fully saturated rings. The van der Waals surface area contributed by atoms with E-state index in [1.807, 2.05) is 42.5 Å². The molecule has 4 N–H and O–H groups in total. The molecule has 31 heavy (non-hydrogen) atoms. The lowest BCUT2D eigenvalue weighted by atomic mass is 10.1. The maximum atomic E-state index is 12.1. The molecule has 0 unspecified atom stereocenters. The van der Waals surface area contributed by atoms with Crippen LogP contribution in [0.4, 0.5) is 0 Å². The molecule has 168 valence electrons. The number of fused-ring (bicyclic) bond motifs is 1. The third-order valence-electron chi connectivity index (χ3n) is 5.34. The third kappa shape index (κ3) is 5.95. The summed E-state index contributed by atoms with van der Waals surface area (Å²) in [5.41, 5.74) is 3.39. The van der Waals surface area contributed by atoms with Crippen LogP contribution in [0.3, 0.4) is 0 Å². The molecule has 2 aromatic carbocycles. The van der Waals surface area contributed by atoms with Crippen LogP contribution >= 0.6 is 0 Å². The molecular formula is C23H32N4O4. The Balaban J connectivity index is 1.47. The van der Waals surface area contributed by atoms with Gasteiger partial charge in [0.25, 0.3) is 0 Å². The lowest BCUT2D eigenvalue weighted by molar-refractivity contribution is 0.108. The second-order valence-electron chi connectivity index (χ2n) is 7.62. The molecule has 0 aliphatic heterocycles. The van der Waals surface area contributed by atoms with Crippen LogP contribution in [0.25, 0.3) is 11.0 Å². The lowest BCUT2D eigenvalue weighted by Crippen LogP contribution is -2.23. The van der Waals surface area contributed by atoms with E-state index in [9.17, 15) is 9.90 Å². The molecule has 0 saturated carbocycles. The molecule has 3 aromatic rings. The molecule has 0 spiro atoms. The number of nitrogens with zero attached hydrogens (tertiary/aromatic N) is 2. The predicted octanol–water partition coefficient (Wildman–Crippen LogP) is 1.05. The van der Waals surface area contributed by atoms with Crippen molar-refractivity contribution in [1.82, 2.24) is 19.8 Å². The normalized spacial score (nSPS) is 12.4. The van der Waals surface area contributed by atoms with E-state index in [0.717, 1.165) is 42.7 Å². The summed E-state index contributed by atoms with van der Waals surface area (Å²) >= 11 is 0. The van der Waals surface area contributed by atoms with Crippen LogP contribution < -0.4 is 21.1 Å². The van der Waals surface area contributed by atoms with Crippen molar-refractivity contribution in [1.29, 1.82) is 0 Å². The molecule has 0 bridgehead atoms. The van der Waals surface area contributed by atoms with E-state index in [4.69, 9.17) is 9.84 Å². The summed E-state index contributed by atoms with van der Waals surface area (Å²) in [7, 11) is 3.46. The molecule has 1 heterocycles. The highest BCUT2D eigenvalue weighted by Crippen LogP contribution is 2.21. The first-order chi connectivity index (χ1) is 15.0. The van der Waals surface area contributed by atoms with E-state index in [1.54, 1.807) is 23.2 Å². The standard InChI is InChI=1S/C23H32N4O4/c1-26-20-9-6-18(14-21(20)27(2)23(26)30)22(29)16-31-19-7-4-17(5-8-19)15-25-11-3-10-24-12-13-28/h4-9,14,22,24-25,28-29H,3,10-13,15-16H2,1-2H3/t22-/m1/s1. The number of aryl methyl sites for hydroxylation is 2. The van der Waals surface area contributed by atoms with Crippen LogP contribution in [-0.2, 0) is 20.6 Å². The number of imidazole rings is 1. The maximum Gasteiger partial charge on any atom is 0.328 e. The molecule has 0 aliphatic carbocycles. The van der Waals surface area contributed by atoms with Crippen LogP contribution in [-0.4, -0.2) is 52.2 Å². The highest BCUT2D eigenvalue weighted by atomic mass is 16.5. The Morgan fingerprint density at radius 2 is 1.68 bits per heavy atom. The number of aromatic nitrogens is 2. The van der Waals surface area contributed by atoms with Gasteiger partial charge in [-0.25, -0.2) is 4.79 Å². The summed E-state index contributed by atoms with van der Waals surface area (Å²) in [6.07, 6.45) is 0.211. The van der Waals surface area contributed by atoms with E-state index >= 15 is 0 Å². The number of nitrogens with one attached hydrogen (secondary N) is 2. The monoisotopic (exact) mass is 428 g/mol. The zero-order chi connectivity index (χ0) is 22.2. The van der Waals surface area contributed by atoms with Crippen molar-refractivity contribution >= 4 is 11.0 Å². The molecule has 8 nitrogen and oxygen atoms in total. The van der Waals surface area contributed by atoms with Gasteiger partial charge < -0.3 is 25.6 Å². The van der Waals surface area contributed by atoms with Crippen molar-refractivity contribution in [2.75, 3.05) is 32.8 Å². The minimum atomic E-state index is -0.791. The van der Waals surface area contributed by atoms with Gasteiger partial charge in [-0.05, 0) is 54.9 Å². The highest BCUT2D eigenvalue weighted by molar-refractivity contribution is 5.76. The Labute approximate surface area is 182 Å². The third-order valence-corrected chi connectivity index (χ3v) is 5.34. The molecule has 3 rings (SSSR count). The Morgan fingerprint density at radius 1 is 0.968 bits per heavy atom. The molecular weight excluding hydrogens is 396 g/mol. The largest absolute Gasteiger partial charge is 0.491 e. The van der Waals surface area contributed by atoms with Crippen molar-refractivity contribution < 1.29 is 14.9 Å². The topological polar surface area (TPSA) is 101 Å². The van der Waals surface area contributed by atoms with Gasteiger partial charge in [0.1, 0.15) is 18.5 Å². The first-order valence-electron chi connectivity index (χ1n) is 10.6. The van der Waals surface area contributed by atoms with Crippen LogP contribution in [0.2, 0.25) is 0 Å². The van der Waals surface area contributed by atoms with Crippen LogP contribution in [0.15, 0.2) is 47.3 Å². The van der Waals surface area contributed by atoms with Gasteiger partial charge in [0.2, 0.25) is 0 Å². The predicted molar refractivity (Wildman–Crippen MR) is 121 cm³/mol. The van der Waals surface area contributed by atoms with Crippen molar-refractivity contribution in [2.45, 2.75) is 19.1 Å². The molecule has 1 aromatic heterocycles. The summed E-state index contributed by atoms with van der Waals surface area (Å²) in [6.45, 7) is 3.50. The van der Waals surface area contributed by atoms with E-state index in [1.165, 1.54) is 0 Å². The summed E-state index contributed by atoms with van der Waals surface area (Å²) in [5, 5.41) is 25.8. The quantitative estimate of drug-likeness (QED) is 0.322. The molecule has 0 aliphatic rings. The van der Waals surface area contributed by atoms with Crippen molar-refractivity contribution in [3.05, 3.63) is 64.1 Å². The molecule has 0 radical (unpaired) electrons. The Hall–Kier alpha value is -2.65. The van der Waals surface area contributed by atoms with Crippen molar-refractivity contribution in [3.8, 4) is 5.75 Å². The lowest BCUT2D eigenvalue weighted by Gasteiger charge is -2.14. The zero-order valence-corrected chi connectivity index (χ0v) is 18.2. The summed E-state index contributed by atoms with van der Waals surface area (Å²) < 4.78 is 8.92. The summed E-state index contributed by atoms with van der Waals surface area (Å²) in [5.74, 6) is 0.698.